The smallest absolute Gasteiger partial charge is 0.315 e. The molecule has 2 atom stereocenters. The molecule has 0 aromatic heterocycles. The summed E-state index contributed by atoms with van der Waals surface area (Å²) in [6.07, 6.45) is 8.67. The summed E-state index contributed by atoms with van der Waals surface area (Å²) in [6.45, 7) is 8.13. The maximum Gasteiger partial charge on any atom is 0.315 e. The van der Waals surface area contributed by atoms with Gasteiger partial charge in [-0.05, 0) is 99.2 Å². The SMILES string of the molecule is Cc1ccc(C(=O)N2CC(C)CC(C)C2)cc1NC(=O)CCNC(=O)NC12CC3CC(CC(C3)C1)C2. The Kier molecular flexibility index (Phi) is 7.01. The molecule has 3 N–H and O–H groups in total. The summed E-state index contributed by atoms with van der Waals surface area (Å²) >= 11 is 0. The van der Waals surface area contributed by atoms with Gasteiger partial charge >= 0.3 is 6.03 Å². The van der Waals surface area contributed by atoms with Crippen LogP contribution in [0, 0.1) is 36.5 Å². The minimum absolute atomic E-state index is 0.0203. The zero-order valence-electron chi connectivity index (χ0n) is 22.1. The highest BCUT2D eigenvalue weighted by Crippen LogP contribution is 2.55. The number of hydrogen-bond donors (Lipinski definition) is 3. The second-order valence-electron chi connectivity index (χ2n) is 12.6. The zero-order valence-corrected chi connectivity index (χ0v) is 22.1. The van der Waals surface area contributed by atoms with Gasteiger partial charge in [0.05, 0.1) is 0 Å². The van der Waals surface area contributed by atoms with Crippen LogP contribution in [-0.2, 0) is 4.79 Å². The molecule has 4 amide bonds. The van der Waals surface area contributed by atoms with Crippen LogP contribution in [0.1, 0.15) is 81.1 Å². The van der Waals surface area contributed by atoms with Crippen molar-refractivity contribution in [3.05, 3.63) is 29.3 Å². The lowest BCUT2D eigenvalue weighted by molar-refractivity contribution is -0.116. The quantitative estimate of drug-likeness (QED) is 0.535. The number of urea groups is 1. The van der Waals surface area contributed by atoms with Gasteiger partial charge in [0.1, 0.15) is 0 Å². The van der Waals surface area contributed by atoms with E-state index >= 15 is 0 Å². The van der Waals surface area contributed by atoms with E-state index in [1.165, 1.54) is 19.3 Å². The highest BCUT2D eigenvalue weighted by atomic mass is 16.2. The van der Waals surface area contributed by atoms with Crippen molar-refractivity contribution < 1.29 is 14.4 Å². The summed E-state index contributed by atoms with van der Waals surface area (Å²) in [7, 11) is 0. The summed E-state index contributed by atoms with van der Waals surface area (Å²) in [5.41, 5.74) is 2.13. The van der Waals surface area contributed by atoms with E-state index in [2.05, 4.69) is 29.8 Å². The summed E-state index contributed by atoms with van der Waals surface area (Å²) in [6, 6.07) is 5.36. The Morgan fingerprint density at radius 2 is 1.56 bits per heavy atom. The van der Waals surface area contributed by atoms with Gasteiger partial charge in [-0.1, -0.05) is 19.9 Å². The van der Waals surface area contributed by atoms with Crippen molar-refractivity contribution in [1.29, 1.82) is 0 Å². The van der Waals surface area contributed by atoms with Crippen LogP contribution in [0.15, 0.2) is 18.2 Å². The van der Waals surface area contributed by atoms with Gasteiger partial charge < -0.3 is 20.9 Å². The maximum atomic E-state index is 13.1. The van der Waals surface area contributed by atoms with Crippen LogP contribution in [0.3, 0.4) is 0 Å². The molecule has 2 unspecified atom stereocenters. The lowest BCUT2D eigenvalue weighted by atomic mass is 9.53. The first-order valence-electron chi connectivity index (χ1n) is 13.9. The Labute approximate surface area is 215 Å². The van der Waals surface area contributed by atoms with E-state index in [0.717, 1.165) is 62.1 Å². The van der Waals surface area contributed by atoms with Gasteiger partial charge in [0.2, 0.25) is 5.91 Å². The molecule has 7 heteroatoms. The molecule has 1 aromatic rings. The molecule has 0 spiro atoms. The second kappa shape index (κ2) is 10.1. The second-order valence-corrected chi connectivity index (χ2v) is 12.6. The fourth-order valence-corrected chi connectivity index (χ4v) is 7.95. The number of rotatable bonds is 6. The van der Waals surface area contributed by atoms with Gasteiger partial charge in [0.15, 0.2) is 0 Å². The van der Waals surface area contributed by atoms with Gasteiger partial charge in [-0.15, -0.1) is 0 Å². The van der Waals surface area contributed by atoms with Gasteiger partial charge in [-0.2, -0.15) is 0 Å². The van der Waals surface area contributed by atoms with Gasteiger partial charge in [-0.25, -0.2) is 4.79 Å². The highest BCUT2D eigenvalue weighted by molar-refractivity contribution is 5.98. The normalized spacial score (nSPS) is 32.8. The summed E-state index contributed by atoms with van der Waals surface area (Å²) in [4.78, 5) is 40.3. The largest absolute Gasteiger partial charge is 0.338 e. The Bertz CT molecular complexity index is 976. The van der Waals surface area contributed by atoms with E-state index in [4.69, 9.17) is 0 Å². The number of nitrogens with one attached hydrogen (secondary N) is 3. The number of amides is 4. The topological polar surface area (TPSA) is 90.5 Å². The molecule has 6 rings (SSSR count). The van der Waals surface area contributed by atoms with E-state index in [9.17, 15) is 14.4 Å². The molecular weight excluding hydrogens is 452 g/mol. The van der Waals surface area contributed by atoms with Crippen LogP contribution < -0.4 is 16.0 Å². The number of hydrogen-bond acceptors (Lipinski definition) is 3. The molecule has 4 saturated carbocycles. The molecule has 4 bridgehead atoms. The first-order chi connectivity index (χ1) is 17.2. The monoisotopic (exact) mass is 494 g/mol. The third-order valence-electron chi connectivity index (χ3n) is 8.97. The number of carbonyl (C=O) groups excluding carboxylic acids is 3. The molecule has 1 aliphatic heterocycles. The van der Waals surface area contributed by atoms with E-state index < -0.39 is 0 Å². The number of likely N-dealkylation sites (tertiary alicyclic amines) is 1. The van der Waals surface area contributed by atoms with Crippen molar-refractivity contribution in [1.82, 2.24) is 15.5 Å². The molecule has 1 heterocycles. The Hall–Kier alpha value is -2.57. The standard InChI is InChI=1S/C29H42N4O3/c1-18-8-19(2)17-33(16-18)27(35)24-5-4-20(3)25(12-24)31-26(34)6-7-30-28(36)32-29-13-21-9-22(14-29)11-23(10-21)15-29/h4-5,12,18-19,21-23H,6-11,13-17H2,1-3H3,(H,31,34)(H2,30,32,36). The molecule has 1 saturated heterocycles. The van der Waals surface area contributed by atoms with Crippen LogP contribution in [0.5, 0.6) is 0 Å². The van der Waals surface area contributed by atoms with E-state index in [0.29, 0.717) is 23.1 Å². The minimum atomic E-state index is -0.168. The van der Waals surface area contributed by atoms with Gasteiger partial charge in [0, 0.05) is 42.8 Å². The third kappa shape index (κ3) is 5.55. The summed E-state index contributed by atoms with van der Waals surface area (Å²) < 4.78 is 0. The van der Waals surface area contributed by atoms with Gasteiger partial charge in [-0.3, -0.25) is 9.59 Å². The van der Waals surface area contributed by atoms with Crippen LogP contribution >= 0.6 is 0 Å². The molecule has 0 radical (unpaired) electrons. The molecule has 36 heavy (non-hydrogen) atoms. The van der Waals surface area contributed by atoms with Crippen LogP contribution in [-0.4, -0.2) is 47.9 Å². The third-order valence-corrected chi connectivity index (χ3v) is 8.97. The number of anilines is 1. The molecule has 7 nitrogen and oxygen atoms in total. The van der Waals surface area contributed by atoms with Crippen molar-refractivity contribution in [3.63, 3.8) is 0 Å². The van der Waals surface area contributed by atoms with Crippen molar-refractivity contribution in [3.8, 4) is 0 Å². The van der Waals surface area contributed by atoms with Crippen LogP contribution in [0.2, 0.25) is 0 Å². The van der Waals surface area contributed by atoms with Crippen molar-refractivity contribution >= 4 is 23.5 Å². The van der Waals surface area contributed by atoms with Crippen molar-refractivity contribution in [2.75, 3.05) is 25.0 Å². The fourth-order valence-electron chi connectivity index (χ4n) is 7.95. The van der Waals surface area contributed by atoms with Gasteiger partial charge in [0.25, 0.3) is 5.91 Å². The van der Waals surface area contributed by atoms with E-state index in [1.54, 1.807) is 6.07 Å². The maximum absolute atomic E-state index is 13.1. The lowest BCUT2D eigenvalue weighted by Crippen LogP contribution is -2.61. The summed E-state index contributed by atoms with van der Waals surface area (Å²) in [5.74, 6) is 3.16. The predicted octanol–water partition coefficient (Wildman–Crippen LogP) is 4.71. The van der Waals surface area contributed by atoms with Crippen LogP contribution in [0.4, 0.5) is 10.5 Å². The molecule has 1 aromatic carbocycles. The molecule has 196 valence electrons. The number of piperidine rings is 1. The fraction of sp³-hybridized carbons (Fsp3) is 0.690. The average Bonchev–Trinajstić information content (AvgIpc) is 2.78. The van der Waals surface area contributed by atoms with E-state index in [1.807, 2.05) is 24.0 Å². The Morgan fingerprint density at radius 1 is 0.944 bits per heavy atom. The Morgan fingerprint density at radius 3 is 2.17 bits per heavy atom. The number of aryl methyl sites for hydroxylation is 1. The van der Waals surface area contributed by atoms with Crippen molar-refractivity contribution in [2.45, 2.75) is 77.7 Å². The molecule has 4 aliphatic carbocycles. The summed E-state index contributed by atoms with van der Waals surface area (Å²) in [5, 5.41) is 9.13. The highest BCUT2D eigenvalue weighted by Gasteiger charge is 2.51. The van der Waals surface area contributed by atoms with E-state index in [-0.39, 0.29) is 36.3 Å². The minimum Gasteiger partial charge on any atom is -0.338 e. The zero-order chi connectivity index (χ0) is 25.4. The molecule has 5 fully saturated rings. The number of nitrogens with zero attached hydrogens (tertiary/aromatic N) is 1. The predicted molar refractivity (Wildman–Crippen MR) is 141 cm³/mol. The average molecular weight is 495 g/mol. The first-order valence-corrected chi connectivity index (χ1v) is 13.9. The number of carbonyl (C=O) groups is 3. The number of benzene rings is 1. The van der Waals surface area contributed by atoms with Crippen LogP contribution in [0.25, 0.3) is 0 Å². The lowest BCUT2D eigenvalue weighted by Gasteiger charge is -2.56. The Balaban J connectivity index is 1.10. The first kappa shape index (κ1) is 25.1. The molecule has 5 aliphatic rings. The van der Waals surface area contributed by atoms with Crippen molar-refractivity contribution in [2.24, 2.45) is 29.6 Å². The molecular formula is C29H42N4O3.